The number of benzene rings is 1. The highest BCUT2D eigenvalue weighted by atomic mass is 16.3. The van der Waals surface area contributed by atoms with E-state index in [-0.39, 0.29) is 6.04 Å². The van der Waals surface area contributed by atoms with Gasteiger partial charge in [0.15, 0.2) is 0 Å². The zero-order chi connectivity index (χ0) is 14.7. The minimum absolute atomic E-state index is 0.198. The molecular formula is C17H24N2O. The summed E-state index contributed by atoms with van der Waals surface area (Å²) in [6.07, 6.45) is 0.919. The Morgan fingerprint density at radius 1 is 1.20 bits per heavy atom. The molecule has 1 aromatic heterocycles. The topological polar surface area (TPSA) is 42.4 Å². The van der Waals surface area contributed by atoms with E-state index in [4.69, 9.17) is 10.2 Å². The molecule has 2 rings (SSSR count). The van der Waals surface area contributed by atoms with Crippen molar-refractivity contribution in [2.24, 2.45) is 5.73 Å². The molecule has 3 heteroatoms. The summed E-state index contributed by atoms with van der Waals surface area (Å²) in [4.78, 5) is 2.21. The zero-order valence-electron chi connectivity index (χ0n) is 12.8. The maximum absolute atomic E-state index is 5.85. The van der Waals surface area contributed by atoms with Gasteiger partial charge >= 0.3 is 0 Å². The molecule has 20 heavy (non-hydrogen) atoms. The van der Waals surface area contributed by atoms with Gasteiger partial charge in [-0.1, -0.05) is 12.1 Å². The van der Waals surface area contributed by atoms with Gasteiger partial charge in [0, 0.05) is 18.8 Å². The predicted molar refractivity (Wildman–Crippen MR) is 84.1 cm³/mol. The summed E-state index contributed by atoms with van der Waals surface area (Å²) in [6.45, 7) is 6.93. The van der Waals surface area contributed by atoms with Crippen LogP contribution in [0, 0.1) is 13.8 Å². The third-order valence-corrected chi connectivity index (χ3v) is 3.42. The van der Waals surface area contributed by atoms with E-state index in [1.165, 1.54) is 16.8 Å². The van der Waals surface area contributed by atoms with E-state index in [1.807, 2.05) is 26.0 Å². The SMILES string of the molecule is Cc1ccc(CN(C)c2ccc(CC(C)N)cc2C)o1. The fraction of sp³-hybridized carbons (Fsp3) is 0.412. The second-order valence-corrected chi connectivity index (χ2v) is 5.67. The average Bonchev–Trinajstić information content (AvgIpc) is 2.73. The number of furan rings is 1. The van der Waals surface area contributed by atoms with E-state index in [0.717, 1.165) is 24.5 Å². The van der Waals surface area contributed by atoms with E-state index < -0.39 is 0 Å². The summed E-state index contributed by atoms with van der Waals surface area (Å²) in [7, 11) is 2.09. The third-order valence-electron chi connectivity index (χ3n) is 3.42. The summed E-state index contributed by atoms with van der Waals surface area (Å²) in [6, 6.07) is 10.8. The minimum atomic E-state index is 0.198. The largest absolute Gasteiger partial charge is 0.464 e. The molecule has 1 aromatic carbocycles. The molecule has 0 radical (unpaired) electrons. The smallest absolute Gasteiger partial charge is 0.123 e. The van der Waals surface area contributed by atoms with Crippen LogP contribution in [0.15, 0.2) is 34.7 Å². The van der Waals surface area contributed by atoms with Crippen LogP contribution < -0.4 is 10.6 Å². The molecule has 0 saturated heterocycles. The summed E-state index contributed by atoms with van der Waals surface area (Å²) < 4.78 is 5.63. The Hall–Kier alpha value is -1.74. The van der Waals surface area contributed by atoms with Gasteiger partial charge in [0.1, 0.15) is 11.5 Å². The third kappa shape index (κ3) is 3.64. The first-order valence-corrected chi connectivity index (χ1v) is 7.07. The summed E-state index contributed by atoms with van der Waals surface area (Å²) in [5.74, 6) is 1.95. The summed E-state index contributed by atoms with van der Waals surface area (Å²) in [5, 5.41) is 0. The number of anilines is 1. The van der Waals surface area contributed by atoms with Crippen molar-refractivity contribution >= 4 is 5.69 Å². The van der Waals surface area contributed by atoms with Crippen LogP contribution in [0.1, 0.15) is 29.6 Å². The highest BCUT2D eigenvalue weighted by Crippen LogP contribution is 2.23. The molecule has 108 valence electrons. The molecule has 0 bridgehead atoms. The van der Waals surface area contributed by atoms with Crippen LogP contribution in [0.4, 0.5) is 5.69 Å². The van der Waals surface area contributed by atoms with Crippen molar-refractivity contribution in [1.29, 1.82) is 0 Å². The van der Waals surface area contributed by atoms with Gasteiger partial charge in [0.2, 0.25) is 0 Å². The molecule has 1 heterocycles. The Balaban J connectivity index is 2.11. The van der Waals surface area contributed by atoms with Crippen molar-refractivity contribution in [3.8, 4) is 0 Å². The molecule has 1 atom stereocenters. The number of nitrogens with zero attached hydrogens (tertiary/aromatic N) is 1. The fourth-order valence-corrected chi connectivity index (χ4v) is 2.53. The van der Waals surface area contributed by atoms with E-state index >= 15 is 0 Å². The maximum atomic E-state index is 5.85. The van der Waals surface area contributed by atoms with Crippen LogP contribution in [0.3, 0.4) is 0 Å². The molecular weight excluding hydrogens is 248 g/mol. The van der Waals surface area contributed by atoms with Gasteiger partial charge in [-0.3, -0.25) is 0 Å². The van der Waals surface area contributed by atoms with Crippen molar-refractivity contribution in [2.45, 2.75) is 39.8 Å². The predicted octanol–water partition coefficient (Wildman–Crippen LogP) is 3.42. The highest BCUT2D eigenvalue weighted by molar-refractivity contribution is 5.54. The fourth-order valence-electron chi connectivity index (χ4n) is 2.53. The molecule has 3 nitrogen and oxygen atoms in total. The van der Waals surface area contributed by atoms with Gasteiger partial charge in [-0.15, -0.1) is 0 Å². The summed E-state index contributed by atoms with van der Waals surface area (Å²) in [5.41, 5.74) is 9.65. The Labute approximate surface area is 121 Å². The van der Waals surface area contributed by atoms with E-state index in [2.05, 4.69) is 37.1 Å². The molecule has 0 aliphatic heterocycles. The Kier molecular flexibility index (Phi) is 4.50. The Bertz CT molecular complexity index is 572. The molecule has 0 aliphatic carbocycles. The first-order chi connectivity index (χ1) is 9.45. The number of hydrogen-bond acceptors (Lipinski definition) is 3. The molecule has 1 unspecified atom stereocenters. The average molecular weight is 272 g/mol. The van der Waals surface area contributed by atoms with Gasteiger partial charge in [-0.25, -0.2) is 0 Å². The van der Waals surface area contributed by atoms with E-state index in [9.17, 15) is 0 Å². The molecule has 0 spiro atoms. The quantitative estimate of drug-likeness (QED) is 0.907. The molecule has 0 fully saturated rings. The van der Waals surface area contributed by atoms with Gasteiger partial charge in [0.05, 0.1) is 6.54 Å². The van der Waals surface area contributed by atoms with Crippen LogP contribution in [0.25, 0.3) is 0 Å². The highest BCUT2D eigenvalue weighted by Gasteiger charge is 2.09. The van der Waals surface area contributed by atoms with Crippen molar-refractivity contribution in [3.63, 3.8) is 0 Å². The number of rotatable bonds is 5. The monoisotopic (exact) mass is 272 g/mol. The second kappa shape index (κ2) is 6.14. The first kappa shape index (κ1) is 14.7. The standard InChI is InChI=1S/C17H24N2O/c1-12-9-15(10-13(2)18)6-8-17(12)19(4)11-16-7-5-14(3)20-16/h5-9,13H,10-11,18H2,1-4H3. The van der Waals surface area contributed by atoms with Crippen LogP contribution in [-0.4, -0.2) is 13.1 Å². The van der Waals surface area contributed by atoms with Crippen LogP contribution in [0.5, 0.6) is 0 Å². The normalized spacial score (nSPS) is 12.4. The van der Waals surface area contributed by atoms with Crippen LogP contribution in [0.2, 0.25) is 0 Å². The molecule has 0 saturated carbocycles. The van der Waals surface area contributed by atoms with Crippen LogP contribution in [-0.2, 0) is 13.0 Å². The maximum Gasteiger partial charge on any atom is 0.123 e. The van der Waals surface area contributed by atoms with E-state index in [0.29, 0.717) is 0 Å². The van der Waals surface area contributed by atoms with E-state index in [1.54, 1.807) is 0 Å². The minimum Gasteiger partial charge on any atom is -0.464 e. The lowest BCUT2D eigenvalue weighted by Gasteiger charge is -2.21. The lowest BCUT2D eigenvalue weighted by molar-refractivity contribution is 0.481. The molecule has 2 N–H and O–H groups in total. The Morgan fingerprint density at radius 2 is 1.95 bits per heavy atom. The van der Waals surface area contributed by atoms with Crippen molar-refractivity contribution in [2.75, 3.05) is 11.9 Å². The van der Waals surface area contributed by atoms with Crippen molar-refractivity contribution < 1.29 is 4.42 Å². The number of aryl methyl sites for hydroxylation is 2. The van der Waals surface area contributed by atoms with Crippen molar-refractivity contribution in [1.82, 2.24) is 0 Å². The molecule has 2 aromatic rings. The zero-order valence-corrected chi connectivity index (χ0v) is 12.8. The number of nitrogens with two attached hydrogens (primary N) is 1. The van der Waals surface area contributed by atoms with Crippen molar-refractivity contribution in [3.05, 3.63) is 53.0 Å². The van der Waals surface area contributed by atoms with Gasteiger partial charge in [-0.2, -0.15) is 0 Å². The lowest BCUT2D eigenvalue weighted by atomic mass is 10.0. The van der Waals surface area contributed by atoms with Gasteiger partial charge < -0.3 is 15.1 Å². The first-order valence-electron chi connectivity index (χ1n) is 7.07. The number of hydrogen-bond donors (Lipinski definition) is 1. The lowest BCUT2D eigenvalue weighted by Crippen LogP contribution is -2.19. The van der Waals surface area contributed by atoms with Gasteiger partial charge in [0.25, 0.3) is 0 Å². The second-order valence-electron chi connectivity index (χ2n) is 5.67. The molecule has 0 aliphatic rings. The molecule has 0 amide bonds. The Morgan fingerprint density at radius 3 is 2.50 bits per heavy atom. The van der Waals surface area contributed by atoms with Gasteiger partial charge in [-0.05, 0) is 56.5 Å². The van der Waals surface area contributed by atoms with Crippen LogP contribution >= 0.6 is 0 Å². The summed E-state index contributed by atoms with van der Waals surface area (Å²) >= 11 is 0.